The topological polar surface area (TPSA) is 327 Å². The van der Waals surface area contributed by atoms with Crippen LogP contribution < -0.4 is 37.0 Å². The molecule has 10 amide bonds. The molecule has 83 heavy (non-hydrogen) atoms. The fraction of sp³-hybridized carbons (Fsp3) is 0.702. The number of rotatable bonds is 34. The van der Waals surface area contributed by atoms with E-state index < -0.39 is 100.0 Å². The van der Waals surface area contributed by atoms with Gasteiger partial charge in [-0.25, -0.2) is 17.9 Å². The number of nitrogens with two attached hydrogens (primary N) is 1. The maximum atomic E-state index is 14.3. The highest BCUT2D eigenvalue weighted by molar-refractivity contribution is 7.90. The predicted molar refractivity (Wildman–Crippen MR) is 312 cm³/mol. The Morgan fingerprint density at radius 1 is 0.855 bits per heavy atom. The van der Waals surface area contributed by atoms with Crippen LogP contribution >= 0.6 is 0 Å². The normalized spacial score (nSPS) is 18.8. The van der Waals surface area contributed by atoms with Crippen molar-refractivity contribution < 1.29 is 65.8 Å². The minimum Gasteiger partial charge on any atom is -0.379 e. The molecule has 2 heterocycles. The third kappa shape index (κ3) is 20.5. The molecule has 1 unspecified atom stereocenters. The van der Waals surface area contributed by atoms with Crippen LogP contribution in [-0.4, -0.2) is 198 Å². The number of nitrogens with zero attached hydrogens (tertiary/aromatic N) is 4. The summed E-state index contributed by atoms with van der Waals surface area (Å²) in [7, 11) is 3.59. The van der Waals surface area contributed by atoms with E-state index >= 15 is 0 Å². The molecule has 8 N–H and O–H groups in total. The summed E-state index contributed by atoms with van der Waals surface area (Å²) in [6.45, 7) is 21.1. The minimum atomic E-state index is -4.51. The zero-order valence-electron chi connectivity index (χ0n) is 51.2. The molecule has 2 aliphatic rings. The van der Waals surface area contributed by atoms with Crippen molar-refractivity contribution in [2.24, 2.45) is 35.3 Å². The zero-order valence-corrected chi connectivity index (χ0v) is 52.0. The number of urea groups is 1. The number of carbonyl (C=O) groups is 9. The Kier molecular flexibility index (Phi) is 28.5. The summed E-state index contributed by atoms with van der Waals surface area (Å²) in [5.74, 6) is -5.29. The third-order valence-electron chi connectivity index (χ3n) is 15.6. The molecule has 0 radical (unpaired) electrons. The van der Waals surface area contributed by atoms with Crippen LogP contribution in [0.25, 0.3) is 0 Å². The van der Waals surface area contributed by atoms with Crippen molar-refractivity contribution in [3.8, 4) is 0 Å². The van der Waals surface area contributed by atoms with E-state index in [1.165, 1.54) is 45.4 Å². The molecule has 26 heteroatoms. The van der Waals surface area contributed by atoms with Gasteiger partial charge in [-0.1, -0.05) is 68.4 Å². The second-order valence-corrected chi connectivity index (χ2v) is 24.4. The SMILES string of the molecule is C=C1C(C)CC(=O)N1CCOCCC(=O)N[C@H](C(=O)N[C@@H](CCCNC(N)=O)C(=O)Nc1ccc(S(=O)(=O)NC(=O)[C@H](C)[C@@H](OC)[C@@H]2CCCN2C(=O)C[C@@H](OC)[C@H]([C@@H](C)CC)N(C)C(=O)[C@H](C)NC(=O)[C@H](C(C)C)N(C)C)cc1)C(C)C. The lowest BCUT2D eigenvalue weighted by atomic mass is 9.90. The Morgan fingerprint density at radius 2 is 1.51 bits per heavy atom. The van der Waals surface area contributed by atoms with E-state index in [0.717, 1.165) is 5.70 Å². The van der Waals surface area contributed by atoms with Crippen LogP contribution in [0, 0.1) is 29.6 Å². The molecule has 1 aromatic rings. The van der Waals surface area contributed by atoms with E-state index in [2.05, 4.69) is 37.9 Å². The van der Waals surface area contributed by atoms with Gasteiger partial charge in [-0.3, -0.25) is 43.3 Å². The molecule has 0 spiro atoms. The van der Waals surface area contributed by atoms with Crippen molar-refractivity contribution >= 4 is 69.0 Å². The number of carbonyl (C=O) groups excluding carboxylic acids is 9. The number of methoxy groups -OCH3 is 2. The monoisotopic (exact) mass is 1190 g/mol. The Bertz CT molecular complexity index is 2510. The van der Waals surface area contributed by atoms with E-state index in [1.54, 1.807) is 61.5 Å². The summed E-state index contributed by atoms with van der Waals surface area (Å²) in [5, 5.41) is 13.4. The number of hydrogen-bond acceptors (Lipinski definition) is 15. The van der Waals surface area contributed by atoms with Crippen molar-refractivity contribution in [3.05, 3.63) is 36.5 Å². The van der Waals surface area contributed by atoms with Crippen molar-refractivity contribution in [3.63, 3.8) is 0 Å². The fourth-order valence-corrected chi connectivity index (χ4v) is 11.8. The highest BCUT2D eigenvalue weighted by Crippen LogP contribution is 2.30. The molecule has 2 fully saturated rings. The smallest absolute Gasteiger partial charge is 0.312 e. The van der Waals surface area contributed by atoms with E-state index in [4.69, 9.17) is 19.9 Å². The van der Waals surface area contributed by atoms with Gasteiger partial charge in [0.1, 0.15) is 18.1 Å². The largest absolute Gasteiger partial charge is 0.379 e. The molecule has 1 aromatic carbocycles. The number of benzene rings is 1. The average Bonchev–Trinajstić information content (AvgIpc) is 4.21. The average molecular weight is 1190 g/mol. The molecule has 468 valence electrons. The Hall–Kier alpha value is -6.22. The maximum absolute atomic E-state index is 14.3. The molecule has 11 atom stereocenters. The number of likely N-dealkylation sites (N-methyl/N-ethyl adjacent to an activating group) is 2. The fourth-order valence-electron chi connectivity index (χ4n) is 10.8. The van der Waals surface area contributed by atoms with Crippen LogP contribution in [0.5, 0.6) is 0 Å². The second kappa shape index (κ2) is 33.3. The summed E-state index contributed by atoms with van der Waals surface area (Å²) in [5.41, 5.74) is 6.07. The number of ether oxygens (including phenoxy) is 3. The van der Waals surface area contributed by atoms with Crippen molar-refractivity contribution in [2.45, 2.75) is 167 Å². The van der Waals surface area contributed by atoms with Crippen molar-refractivity contribution in [1.82, 2.24) is 45.6 Å². The summed E-state index contributed by atoms with van der Waals surface area (Å²) in [6.07, 6.45) is 0.383. The number of nitrogens with one attached hydrogen (secondary N) is 6. The van der Waals surface area contributed by atoms with Crippen LogP contribution in [0.3, 0.4) is 0 Å². The zero-order chi connectivity index (χ0) is 62.6. The Balaban J connectivity index is 1.68. The molecule has 0 saturated carbocycles. The number of allylic oxidation sites excluding steroid dienone is 1. The van der Waals surface area contributed by atoms with Crippen LogP contribution in [-0.2, 0) is 62.6 Å². The number of hydrogen-bond donors (Lipinski definition) is 7. The van der Waals surface area contributed by atoms with Gasteiger partial charge in [0.05, 0.1) is 60.8 Å². The van der Waals surface area contributed by atoms with Gasteiger partial charge in [-0.15, -0.1) is 0 Å². The first-order valence-corrected chi connectivity index (χ1v) is 30.2. The number of primary amides is 1. The van der Waals surface area contributed by atoms with E-state index in [-0.39, 0.29) is 97.4 Å². The highest BCUT2D eigenvalue weighted by atomic mass is 32.2. The van der Waals surface area contributed by atoms with Crippen LogP contribution in [0.15, 0.2) is 41.4 Å². The molecular weight excluding hydrogens is 1090 g/mol. The lowest BCUT2D eigenvalue weighted by molar-refractivity contribution is -0.147. The van der Waals surface area contributed by atoms with Crippen molar-refractivity contribution in [1.29, 1.82) is 0 Å². The molecule has 2 saturated heterocycles. The van der Waals surface area contributed by atoms with Crippen LogP contribution in [0.2, 0.25) is 0 Å². The van der Waals surface area contributed by atoms with Gasteiger partial charge in [-0.05, 0) is 88.7 Å². The molecule has 0 aromatic heterocycles. The summed E-state index contributed by atoms with van der Waals surface area (Å²) in [6, 6.07) is -0.609. The highest BCUT2D eigenvalue weighted by Gasteiger charge is 2.43. The van der Waals surface area contributed by atoms with Crippen molar-refractivity contribution in [2.75, 3.05) is 73.5 Å². The van der Waals surface area contributed by atoms with Gasteiger partial charge in [0.25, 0.3) is 10.0 Å². The summed E-state index contributed by atoms with van der Waals surface area (Å²) < 4.78 is 47.0. The van der Waals surface area contributed by atoms with Gasteiger partial charge >= 0.3 is 6.03 Å². The van der Waals surface area contributed by atoms with Gasteiger partial charge in [0.2, 0.25) is 47.3 Å². The van der Waals surface area contributed by atoms with E-state index in [9.17, 15) is 51.6 Å². The van der Waals surface area contributed by atoms with Gasteiger partial charge in [0, 0.05) is 71.0 Å². The van der Waals surface area contributed by atoms with Gasteiger partial charge in [-0.2, -0.15) is 0 Å². The van der Waals surface area contributed by atoms with Gasteiger partial charge in [0.15, 0.2) is 0 Å². The first-order valence-electron chi connectivity index (χ1n) is 28.7. The summed E-state index contributed by atoms with van der Waals surface area (Å²) >= 11 is 0. The number of likely N-dealkylation sites (tertiary alicyclic amines) is 2. The minimum absolute atomic E-state index is 0.00970. The van der Waals surface area contributed by atoms with E-state index in [0.29, 0.717) is 38.8 Å². The van der Waals surface area contributed by atoms with Gasteiger partial charge < -0.3 is 61.2 Å². The molecule has 3 rings (SSSR count). The molecule has 0 bridgehead atoms. The quantitative estimate of drug-likeness (QED) is 0.0487. The maximum Gasteiger partial charge on any atom is 0.312 e. The first-order chi connectivity index (χ1) is 38.9. The number of amides is 10. The first kappa shape index (κ1) is 71.0. The molecule has 0 aliphatic carbocycles. The lowest BCUT2D eigenvalue weighted by Gasteiger charge is -2.40. The molecule has 2 aliphatic heterocycles. The Morgan fingerprint density at radius 3 is 2.05 bits per heavy atom. The summed E-state index contributed by atoms with van der Waals surface area (Å²) in [4.78, 5) is 126. The third-order valence-corrected chi connectivity index (χ3v) is 17.0. The van der Waals surface area contributed by atoms with E-state index in [1.807, 2.05) is 34.6 Å². The van der Waals surface area contributed by atoms with Crippen LogP contribution in [0.1, 0.15) is 114 Å². The number of sulfonamides is 1. The lowest BCUT2D eigenvalue weighted by Crippen LogP contribution is -2.57. The standard InChI is InChI=1S/C57H95N11O14S/c1-16-35(6)50(66(13)56(76)38(9)60-55(75)49(34(4)5)65(11)12)44(80-14)32-47(71)68-27-18-20-43(68)51(81-15)37(8)52(72)64-83(78,79)41-23-21-40(22-24-41)61-53(73)42(19-17-26-59-57(58)77)62-54(74)48(33(2)3)63-45(69)25-29-82-30-28-67-39(10)36(7)31-46(67)70/h21-24,33-38,42-44,48-51H,10,16-20,25-32H2,1-9,11-15H3,(H,60,75)(H,61,73)(H,62,74)(H,63,69)(H,64,72)(H3,58,59,77)/t35-,36?,37+,38-,42-,43-,44+,48-,49-,50-,51+/m0/s1. The van der Waals surface area contributed by atoms with Crippen LogP contribution in [0.4, 0.5) is 10.5 Å². The molecule has 25 nitrogen and oxygen atoms in total. The second-order valence-electron chi connectivity index (χ2n) is 22.7. The molecular formula is C57H95N11O14S. The predicted octanol–water partition coefficient (Wildman–Crippen LogP) is 2.30. The Labute approximate surface area is 491 Å². The number of anilines is 1.